The molecule has 0 atom stereocenters. The summed E-state index contributed by atoms with van der Waals surface area (Å²) in [5.74, 6) is 0.889. The Labute approximate surface area is 170 Å². The first-order valence-corrected chi connectivity index (χ1v) is 9.55. The average Bonchev–Trinajstić information content (AvgIpc) is 3.13. The molecule has 0 spiro atoms. The van der Waals surface area contributed by atoms with Crippen LogP contribution < -0.4 is 10.6 Å². The van der Waals surface area contributed by atoms with Crippen molar-refractivity contribution in [1.82, 2.24) is 15.2 Å². The number of rotatable bonds is 10. The van der Waals surface area contributed by atoms with Crippen LogP contribution in [0.2, 0.25) is 0 Å². The number of hydrogen-bond donors (Lipinski definition) is 2. The topological polar surface area (TPSA) is 50.6 Å². The summed E-state index contributed by atoms with van der Waals surface area (Å²) in [4.78, 5) is 4.26. The molecule has 1 heterocycles. The summed E-state index contributed by atoms with van der Waals surface area (Å²) in [5, 5.41) is 6.72. The van der Waals surface area contributed by atoms with E-state index in [1.54, 1.807) is 0 Å². The lowest BCUT2D eigenvalue weighted by molar-refractivity contribution is 0.0264. The fourth-order valence-electron chi connectivity index (χ4n) is 3.14. The van der Waals surface area contributed by atoms with E-state index in [0.717, 1.165) is 45.0 Å². The third-order valence-electron chi connectivity index (χ3n) is 4.57. The number of aliphatic imine (C=N–C) groups is 1. The molecule has 1 aromatic heterocycles. The van der Waals surface area contributed by atoms with Gasteiger partial charge in [-0.3, -0.25) is 4.99 Å². The molecule has 2 rings (SSSR count). The van der Waals surface area contributed by atoms with Gasteiger partial charge in [0.05, 0.1) is 6.10 Å². The van der Waals surface area contributed by atoms with E-state index in [1.165, 1.54) is 38.5 Å². The summed E-state index contributed by atoms with van der Waals surface area (Å²) in [6.45, 7) is 3.72. The van der Waals surface area contributed by atoms with Crippen LogP contribution in [0.3, 0.4) is 0 Å². The van der Waals surface area contributed by atoms with Crippen LogP contribution in [-0.4, -0.2) is 43.4 Å². The van der Waals surface area contributed by atoms with Crippen molar-refractivity contribution in [3.8, 4) is 0 Å². The van der Waals surface area contributed by atoms with Crippen molar-refractivity contribution in [1.29, 1.82) is 0 Å². The highest BCUT2D eigenvalue weighted by Gasteiger charge is 2.12. The number of halogens is 1. The van der Waals surface area contributed by atoms with E-state index >= 15 is 0 Å². The Kier molecular flexibility index (Phi) is 12.8. The quantitative estimate of drug-likeness (QED) is 0.241. The highest BCUT2D eigenvalue weighted by molar-refractivity contribution is 14.0. The van der Waals surface area contributed by atoms with Gasteiger partial charge in [0.2, 0.25) is 0 Å². The molecule has 0 aromatic carbocycles. The Morgan fingerprint density at radius 3 is 2.48 bits per heavy atom. The van der Waals surface area contributed by atoms with Gasteiger partial charge in [0.1, 0.15) is 0 Å². The number of hydrogen-bond acceptors (Lipinski definition) is 2. The Morgan fingerprint density at radius 2 is 1.76 bits per heavy atom. The smallest absolute Gasteiger partial charge is 0.191 e. The zero-order valence-corrected chi connectivity index (χ0v) is 17.9. The van der Waals surface area contributed by atoms with E-state index in [4.69, 9.17) is 4.74 Å². The van der Waals surface area contributed by atoms with Gasteiger partial charge in [0.15, 0.2) is 5.96 Å². The largest absolute Gasteiger partial charge is 0.378 e. The zero-order chi connectivity index (χ0) is 16.9. The molecule has 0 saturated heterocycles. The SMILES string of the molecule is CN=C(NCCCCCOC1CCCCC1)NCCn1cccc1.I. The van der Waals surface area contributed by atoms with Crippen LogP contribution in [0, 0.1) is 0 Å². The summed E-state index contributed by atoms with van der Waals surface area (Å²) < 4.78 is 8.12. The molecule has 0 aliphatic heterocycles. The molecule has 0 bridgehead atoms. The lowest BCUT2D eigenvalue weighted by Gasteiger charge is -2.21. The molecular formula is C19H35IN4O. The minimum absolute atomic E-state index is 0. The molecule has 144 valence electrons. The normalized spacial score (nSPS) is 15.6. The van der Waals surface area contributed by atoms with Crippen LogP contribution in [0.15, 0.2) is 29.5 Å². The second-order valence-corrected chi connectivity index (χ2v) is 6.54. The van der Waals surface area contributed by atoms with Crippen LogP contribution in [0.5, 0.6) is 0 Å². The van der Waals surface area contributed by atoms with Crippen molar-refractivity contribution in [3.05, 3.63) is 24.5 Å². The minimum atomic E-state index is 0. The molecule has 0 unspecified atom stereocenters. The Bertz CT molecular complexity index is 444. The average molecular weight is 462 g/mol. The standard InChI is InChI=1S/C19H34N4O.HI/c1-20-19(22-13-16-23-14-7-8-15-23)21-12-6-3-9-17-24-18-10-4-2-5-11-18;/h7-8,14-15,18H,2-6,9-13,16-17H2,1H3,(H2,20,21,22);1H. The molecule has 0 radical (unpaired) electrons. The lowest BCUT2D eigenvalue weighted by atomic mass is 9.98. The van der Waals surface area contributed by atoms with E-state index < -0.39 is 0 Å². The summed E-state index contributed by atoms with van der Waals surface area (Å²) >= 11 is 0. The van der Waals surface area contributed by atoms with Gasteiger partial charge < -0.3 is 19.9 Å². The van der Waals surface area contributed by atoms with Crippen LogP contribution >= 0.6 is 24.0 Å². The Balaban J connectivity index is 0.00000312. The third kappa shape index (κ3) is 10.1. The number of unbranched alkanes of at least 4 members (excludes halogenated alkanes) is 2. The second kappa shape index (κ2) is 14.4. The molecule has 2 N–H and O–H groups in total. The summed E-state index contributed by atoms with van der Waals surface area (Å²) in [5.41, 5.74) is 0. The van der Waals surface area contributed by atoms with Crippen LogP contribution in [-0.2, 0) is 11.3 Å². The number of aromatic nitrogens is 1. The third-order valence-corrected chi connectivity index (χ3v) is 4.57. The first-order valence-electron chi connectivity index (χ1n) is 9.55. The molecule has 1 aromatic rings. The first-order chi connectivity index (χ1) is 11.9. The fraction of sp³-hybridized carbons (Fsp3) is 0.737. The van der Waals surface area contributed by atoms with Crippen LogP contribution in [0.25, 0.3) is 0 Å². The Hall–Kier alpha value is -0.760. The van der Waals surface area contributed by atoms with Crippen molar-refractivity contribution < 1.29 is 4.74 Å². The maximum Gasteiger partial charge on any atom is 0.191 e. The van der Waals surface area contributed by atoms with Gasteiger partial charge in [-0.25, -0.2) is 0 Å². The number of nitrogens with one attached hydrogen (secondary N) is 2. The highest BCUT2D eigenvalue weighted by Crippen LogP contribution is 2.20. The zero-order valence-electron chi connectivity index (χ0n) is 15.6. The van der Waals surface area contributed by atoms with Crippen molar-refractivity contribution in [2.24, 2.45) is 4.99 Å². The second-order valence-electron chi connectivity index (χ2n) is 6.54. The summed E-state index contributed by atoms with van der Waals surface area (Å²) in [6, 6.07) is 4.09. The lowest BCUT2D eigenvalue weighted by Crippen LogP contribution is -2.39. The molecular weight excluding hydrogens is 427 g/mol. The number of ether oxygens (including phenoxy) is 1. The summed E-state index contributed by atoms with van der Waals surface area (Å²) in [7, 11) is 1.82. The van der Waals surface area contributed by atoms with Crippen molar-refractivity contribution in [2.45, 2.75) is 64.0 Å². The van der Waals surface area contributed by atoms with E-state index in [2.05, 4.69) is 32.6 Å². The molecule has 5 nitrogen and oxygen atoms in total. The predicted molar refractivity (Wildman–Crippen MR) is 116 cm³/mol. The molecule has 1 saturated carbocycles. The van der Waals surface area contributed by atoms with E-state index in [1.807, 2.05) is 19.2 Å². The fourth-order valence-corrected chi connectivity index (χ4v) is 3.14. The molecule has 0 amide bonds. The molecule has 1 fully saturated rings. The van der Waals surface area contributed by atoms with Crippen LogP contribution in [0.4, 0.5) is 0 Å². The van der Waals surface area contributed by atoms with Gasteiger partial charge in [0.25, 0.3) is 0 Å². The van der Waals surface area contributed by atoms with Gasteiger partial charge in [-0.15, -0.1) is 24.0 Å². The minimum Gasteiger partial charge on any atom is -0.378 e. The van der Waals surface area contributed by atoms with Gasteiger partial charge in [-0.2, -0.15) is 0 Å². The van der Waals surface area contributed by atoms with E-state index in [-0.39, 0.29) is 24.0 Å². The van der Waals surface area contributed by atoms with E-state index in [0.29, 0.717) is 6.10 Å². The predicted octanol–water partition coefficient (Wildman–Crippen LogP) is 3.79. The highest BCUT2D eigenvalue weighted by atomic mass is 127. The molecule has 1 aliphatic carbocycles. The maximum absolute atomic E-state index is 5.96. The van der Waals surface area contributed by atoms with Gasteiger partial charge in [-0.05, 0) is 44.2 Å². The Morgan fingerprint density at radius 1 is 1.04 bits per heavy atom. The van der Waals surface area contributed by atoms with Crippen molar-refractivity contribution in [2.75, 3.05) is 26.7 Å². The maximum atomic E-state index is 5.96. The van der Waals surface area contributed by atoms with Crippen molar-refractivity contribution >= 4 is 29.9 Å². The monoisotopic (exact) mass is 462 g/mol. The molecule has 25 heavy (non-hydrogen) atoms. The summed E-state index contributed by atoms with van der Waals surface area (Å²) in [6.07, 6.45) is 14.9. The van der Waals surface area contributed by atoms with Crippen LogP contribution in [0.1, 0.15) is 51.4 Å². The number of guanidine groups is 1. The van der Waals surface area contributed by atoms with Gasteiger partial charge in [0, 0.05) is 45.7 Å². The van der Waals surface area contributed by atoms with Gasteiger partial charge in [-0.1, -0.05) is 19.3 Å². The number of nitrogens with zero attached hydrogens (tertiary/aromatic N) is 2. The van der Waals surface area contributed by atoms with Crippen molar-refractivity contribution in [3.63, 3.8) is 0 Å². The molecule has 1 aliphatic rings. The van der Waals surface area contributed by atoms with E-state index in [9.17, 15) is 0 Å². The van der Waals surface area contributed by atoms with Gasteiger partial charge >= 0.3 is 0 Å². The molecule has 6 heteroatoms. The first kappa shape index (κ1) is 22.3.